The van der Waals surface area contributed by atoms with Gasteiger partial charge in [-0.2, -0.15) is 0 Å². The molecule has 2 aliphatic heterocycles. The van der Waals surface area contributed by atoms with Crippen molar-refractivity contribution in [2.75, 3.05) is 13.7 Å². The van der Waals surface area contributed by atoms with Crippen LogP contribution in [0.25, 0.3) is 0 Å². The lowest BCUT2D eigenvalue weighted by atomic mass is 9.95. The van der Waals surface area contributed by atoms with E-state index in [9.17, 15) is 19.5 Å². The fraction of sp³-hybridized carbons (Fsp3) is 0.300. The van der Waals surface area contributed by atoms with E-state index in [0.717, 1.165) is 10.5 Å². The van der Waals surface area contributed by atoms with E-state index in [0.29, 0.717) is 11.5 Å². The van der Waals surface area contributed by atoms with Crippen molar-refractivity contribution < 1.29 is 43.2 Å². The third kappa shape index (κ3) is 5.55. The molecule has 1 saturated heterocycles. The molecule has 0 aliphatic carbocycles. The van der Waals surface area contributed by atoms with Gasteiger partial charge in [0.05, 0.1) is 31.5 Å². The number of hydrogen-bond donors (Lipinski definition) is 1. The first kappa shape index (κ1) is 27.3. The van der Waals surface area contributed by atoms with Gasteiger partial charge >= 0.3 is 5.97 Å². The summed E-state index contributed by atoms with van der Waals surface area (Å²) in [7, 11) is 1.53. The summed E-state index contributed by atoms with van der Waals surface area (Å²) < 4.78 is 28.9. The summed E-state index contributed by atoms with van der Waals surface area (Å²) in [6.07, 6.45) is -5.12. The number of aliphatic hydroxyl groups is 1. The van der Waals surface area contributed by atoms with Gasteiger partial charge in [0, 0.05) is 6.92 Å². The van der Waals surface area contributed by atoms with Crippen LogP contribution in [-0.2, 0) is 25.6 Å². The molecule has 10 nitrogen and oxygen atoms in total. The van der Waals surface area contributed by atoms with Gasteiger partial charge in [-0.3, -0.25) is 19.3 Å². The van der Waals surface area contributed by atoms with Crippen LogP contribution in [0.5, 0.6) is 11.5 Å². The number of carbonyl (C=O) groups is 3. The first-order chi connectivity index (χ1) is 19.4. The predicted molar refractivity (Wildman–Crippen MR) is 141 cm³/mol. The minimum Gasteiger partial charge on any atom is -0.497 e. The highest BCUT2D eigenvalue weighted by Crippen LogP contribution is 2.35. The Bertz CT molecular complexity index is 1330. The van der Waals surface area contributed by atoms with Crippen molar-refractivity contribution in [3.05, 3.63) is 95.6 Å². The van der Waals surface area contributed by atoms with E-state index < -0.39 is 48.4 Å². The Balaban J connectivity index is 1.47. The molecule has 40 heavy (non-hydrogen) atoms. The van der Waals surface area contributed by atoms with Crippen molar-refractivity contribution in [2.45, 2.75) is 44.2 Å². The van der Waals surface area contributed by atoms with Crippen molar-refractivity contribution >= 4 is 17.8 Å². The molecule has 3 aromatic rings. The summed E-state index contributed by atoms with van der Waals surface area (Å²) in [5.41, 5.74) is 1.31. The number of aliphatic hydroxyl groups excluding tert-OH is 1. The number of ether oxygens (including phenoxy) is 5. The summed E-state index contributed by atoms with van der Waals surface area (Å²) in [5, 5.41) is 11.3. The van der Waals surface area contributed by atoms with Crippen molar-refractivity contribution in [1.82, 2.24) is 4.90 Å². The molecule has 5 rings (SSSR count). The van der Waals surface area contributed by atoms with Crippen LogP contribution >= 0.6 is 0 Å². The highest BCUT2D eigenvalue weighted by molar-refractivity contribution is 6.21. The number of imide groups is 1. The zero-order valence-corrected chi connectivity index (χ0v) is 22.0. The molecular formula is C30H29NO9. The summed E-state index contributed by atoms with van der Waals surface area (Å²) in [6.45, 7) is 1.35. The van der Waals surface area contributed by atoms with Crippen LogP contribution in [0.1, 0.15) is 33.2 Å². The Labute approximate surface area is 231 Å². The van der Waals surface area contributed by atoms with Gasteiger partial charge in [-0.15, -0.1) is 0 Å². The Morgan fingerprint density at radius 3 is 2.10 bits per heavy atom. The van der Waals surface area contributed by atoms with E-state index in [1.807, 2.05) is 30.3 Å². The van der Waals surface area contributed by atoms with Crippen LogP contribution in [0, 0.1) is 0 Å². The number of carbonyl (C=O) groups excluding carboxylic acids is 3. The molecule has 0 unspecified atom stereocenters. The predicted octanol–water partition coefficient (Wildman–Crippen LogP) is 2.97. The number of esters is 1. The lowest BCUT2D eigenvalue weighted by Gasteiger charge is -2.46. The summed E-state index contributed by atoms with van der Waals surface area (Å²) in [4.78, 5) is 40.1. The normalized spacial score (nSPS) is 24.0. The Kier molecular flexibility index (Phi) is 8.11. The van der Waals surface area contributed by atoms with Crippen LogP contribution in [0.15, 0.2) is 78.9 Å². The standard InChI is InChI=1S/C30H29NO9/c1-18(32)38-27-25(31-28(34)22-10-6-7-11-23(22)29(31)35)30(39-21-14-12-20(36-2)13-15-21)40-24(26(27)33)17-37-16-19-8-4-3-5-9-19/h3-15,24-27,30,33H,16-17H2,1-2H3/t24-,25-,26-,27-,30-/m1/s1. The van der Waals surface area contributed by atoms with E-state index in [-0.39, 0.29) is 24.3 Å². The van der Waals surface area contributed by atoms with Gasteiger partial charge in [0.15, 0.2) is 6.10 Å². The highest BCUT2D eigenvalue weighted by Gasteiger charge is 2.56. The maximum atomic E-state index is 13.5. The third-order valence-electron chi connectivity index (χ3n) is 6.77. The van der Waals surface area contributed by atoms with Gasteiger partial charge in [-0.1, -0.05) is 42.5 Å². The van der Waals surface area contributed by atoms with Crippen molar-refractivity contribution in [1.29, 1.82) is 0 Å². The molecule has 1 N–H and O–H groups in total. The number of hydrogen-bond acceptors (Lipinski definition) is 9. The van der Waals surface area contributed by atoms with E-state index >= 15 is 0 Å². The largest absolute Gasteiger partial charge is 0.497 e. The number of methoxy groups -OCH3 is 1. The van der Waals surface area contributed by atoms with Crippen molar-refractivity contribution in [3.63, 3.8) is 0 Å². The van der Waals surface area contributed by atoms with Gasteiger partial charge in [-0.05, 0) is 42.0 Å². The van der Waals surface area contributed by atoms with Crippen LogP contribution in [-0.4, -0.2) is 72.2 Å². The van der Waals surface area contributed by atoms with Gasteiger partial charge in [0.2, 0.25) is 6.29 Å². The average Bonchev–Trinajstić information content (AvgIpc) is 3.21. The molecule has 5 atom stereocenters. The molecule has 2 amide bonds. The molecule has 0 bridgehead atoms. The second-order valence-corrected chi connectivity index (χ2v) is 9.42. The van der Waals surface area contributed by atoms with E-state index in [1.165, 1.54) is 26.2 Å². The number of nitrogens with zero attached hydrogens (tertiary/aromatic N) is 1. The van der Waals surface area contributed by atoms with E-state index in [1.54, 1.807) is 36.4 Å². The molecule has 3 aromatic carbocycles. The number of fused-ring (bicyclic) bond motifs is 1. The number of benzene rings is 3. The second kappa shape index (κ2) is 11.9. The molecule has 2 heterocycles. The number of rotatable bonds is 9. The van der Waals surface area contributed by atoms with Gasteiger partial charge in [-0.25, -0.2) is 0 Å². The van der Waals surface area contributed by atoms with Crippen LogP contribution < -0.4 is 9.47 Å². The molecule has 0 saturated carbocycles. The van der Waals surface area contributed by atoms with Crippen LogP contribution in [0.2, 0.25) is 0 Å². The van der Waals surface area contributed by atoms with Crippen LogP contribution in [0.3, 0.4) is 0 Å². The Morgan fingerprint density at radius 1 is 0.900 bits per heavy atom. The van der Waals surface area contributed by atoms with Crippen molar-refractivity contribution in [2.24, 2.45) is 0 Å². The lowest BCUT2D eigenvalue weighted by Crippen LogP contribution is -2.67. The SMILES string of the molecule is COc1ccc(O[C@@H]2O[C@H](COCc3ccccc3)[C@@H](O)[C@H](OC(C)=O)[C@H]2N2C(=O)c3ccccc3C2=O)cc1. The second-order valence-electron chi connectivity index (χ2n) is 9.42. The lowest BCUT2D eigenvalue weighted by molar-refractivity contribution is -0.262. The van der Waals surface area contributed by atoms with Gasteiger partial charge in [0.25, 0.3) is 11.8 Å². The van der Waals surface area contributed by atoms with Crippen molar-refractivity contribution in [3.8, 4) is 11.5 Å². The fourth-order valence-corrected chi connectivity index (χ4v) is 4.87. The van der Waals surface area contributed by atoms with E-state index in [2.05, 4.69) is 0 Å². The Morgan fingerprint density at radius 2 is 1.50 bits per heavy atom. The quantitative estimate of drug-likeness (QED) is 0.318. The first-order valence-electron chi connectivity index (χ1n) is 12.8. The molecule has 0 radical (unpaired) electrons. The molecule has 0 aromatic heterocycles. The average molecular weight is 548 g/mol. The summed E-state index contributed by atoms with van der Waals surface area (Å²) >= 11 is 0. The van der Waals surface area contributed by atoms with Gasteiger partial charge in [0.1, 0.15) is 29.7 Å². The topological polar surface area (TPSA) is 121 Å². The molecule has 0 spiro atoms. The minimum absolute atomic E-state index is 0.0782. The highest BCUT2D eigenvalue weighted by atomic mass is 16.7. The zero-order chi connectivity index (χ0) is 28.2. The Hall–Kier alpha value is -4.25. The zero-order valence-electron chi connectivity index (χ0n) is 22.0. The van der Waals surface area contributed by atoms with E-state index in [4.69, 9.17) is 23.7 Å². The summed E-state index contributed by atoms with van der Waals surface area (Å²) in [5.74, 6) is -0.996. The summed E-state index contributed by atoms with van der Waals surface area (Å²) in [6, 6.07) is 21.1. The molecule has 208 valence electrons. The number of amides is 2. The molecule has 10 heteroatoms. The third-order valence-corrected chi connectivity index (χ3v) is 6.77. The smallest absolute Gasteiger partial charge is 0.303 e. The maximum absolute atomic E-state index is 13.5. The molecular weight excluding hydrogens is 518 g/mol. The van der Waals surface area contributed by atoms with Gasteiger partial charge < -0.3 is 28.8 Å². The minimum atomic E-state index is -1.44. The monoisotopic (exact) mass is 547 g/mol. The maximum Gasteiger partial charge on any atom is 0.303 e. The molecule has 2 aliphatic rings. The fourth-order valence-electron chi connectivity index (χ4n) is 4.87. The molecule has 1 fully saturated rings. The van der Waals surface area contributed by atoms with Crippen LogP contribution in [0.4, 0.5) is 0 Å². The first-order valence-corrected chi connectivity index (χ1v) is 12.8.